The quantitative estimate of drug-likeness (QED) is 0.178. The van der Waals surface area contributed by atoms with Gasteiger partial charge in [-0.1, -0.05) is 24.3 Å². The Labute approximate surface area is 196 Å². The van der Waals surface area contributed by atoms with E-state index in [4.69, 9.17) is 9.98 Å². The zero-order valence-electron chi connectivity index (χ0n) is 16.6. The third kappa shape index (κ3) is 5.18. The second kappa shape index (κ2) is 9.41. The fraction of sp³-hybridized carbons (Fsp3) is 0.0417. The molecule has 0 aliphatic heterocycles. The molecule has 0 saturated carbocycles. The van der Waals surface area contributed by atoms with Crippen LogP contribution in [0.3, 0.4) is 0 Å². The maximum atomic E-state index is 9.44. The van der Waals surface area contributed by atoms with Gasteiger partial charge in [-0.25, -0.2) is 9.98 Å². The summed E-state index contributed by atoms with van der Waals surface area (Å²) in [5, 5.41) is 14.8. The van der Waals surface area contributed by atoms with E-state index in [9.17, 15) is 5.11 Å². The van der Waals surface area contributed by atoms with Gasteiger partial charge in [0.05, 0.1) is 17.4 Å². The molecule has 0 radical (unpaired) electrons. The van der Waals surface area contributed by atoms with Crippen molar-refractivity contribution in [3.05, 3.63) is 98.6 Å². The van der Waals surface area contributed by atoms with Crippen LogP contribution in [0.1, 0.15) is 16.8 Å². The highest BCUT2D eigenvalue weighted by molar-refractivity contribution is 9.11. The molecule has 3 aromatic carbocycles. The number of para-hydroxylation sites is 1. The minimum absolute atomic E-state index is 0.210. The van der Waals surface area contributed by atoms with Crippen LogP contribution in [0.15, 0.2) is 91.8 Å². The molecule has 0 bridgehead atoms. The van der Waals surface area contributed by atoms with Crippen LogP contribution in [0.25, 0.3) is 10.9 Å². The Morgan fingerprint density at radius 3 is 2.42 bits per heavy atom. The van der Waals surface area contributed by atoms with Crippen molar-refractivity contribution in [2.45, 2.75) is 6.92 Å². The zero-order chi connectivity index (χ0) is 21.8. The van der Waals surface area contributed by atoms with E-state index in [2.05, 4.69) is 42.4 Å². The van der Waals surface area contributed by atoms with E-state index in [0.717, 1.165) is 36.7 Å². The number of aromatic hydroxyl groups is 1. The van der Waals surface area contributed by atoms with Crippen molar-refractivity contribution in [1.29, 1.82) is 0 Å². The summed E-state index contributed by atoms with van der Waals surface area (Å²) in [7, 11) is 0. The zero-order valence-corrected chi connectivity index (χ0v) is 19.7. The van der Waals surface area contributed by atoms with Gasteiger partial charge in [0, 0.05) is 14.3 Å². The second-order valence-electron chi connectivity index (χ2n) is 6.89. The maximum absolute atomic E-state index is 9.44. The Hall–Kier alpha value is -3.03. The summed E-state index contributed by atoms with van der Waals surface area (Å²) in [6.45, 7) is 2.02. The molecule has 2 N–H and O–H groups in total. The molecule has 4 rings (SSSR count). The van der Waals surface area contributed by atoms with E-state index in [1.54, 1.807) is 30.5 Å². The smallest absolute Gasteiger partial charge is 0.173 e. The Bertz CT molecular complexity index is 1280. The van der Waals surface area contributed by atoms with Gasteiger partial charge in [-0.05, 0) is 98.4 Å². The van der Waals surface area contributed by atoms with Gasteiger partial charge in [0.2, 0.25) is 0 Å². The van der Waals surface area contributed by atoms with Crippen LogP contribution in [-0.4, -0.2) is 22.1 Å². The lowest BCUT2D eigenvalue weighted by Gasteiger charge is -2.10. The molecule has 0 saturated heterocycles. The monoisotopic (exact) mass is 536 g/mol. The highest BCUT2D eigenvalue weighted by atomic mass is 79.9. The highest BCUT2D eigenvalue weighted by Crippen LogP contribution is 2.35. The van der Waals surface area contributed by atoms with Crippen molar-refractivity contribution >= 4 is 60.5 Å². The number of nitrogens with zero attached hydrogens (tertiary/aromatic N) is 3. The van der Waals surface area contributed by atoms with Crippen molar-refractivity contribution in [3.63, 3.8) is 0 Å². The standard InChI is InChI=1S/C24H18Br2N4O/c1-15-12-19(25)23(20(26)13-15)29-24(30-27-14-16-6-9-18(31)10-7-16)22-11-8-17-4-2-3-5-21(17)28-22/h2-14,31H,1H3,(H,29,30)/b27-14+. The number of aliphatic imine (C=N–C) groups is 1. The molecule has 1 heterocycles. The molecule has 0 spiro atoms. The van der Waals surface area contributed by atoms with Crippen LogP contribution in [0, 0.1) is 6.92 Å². The van der Waals surface area contributed by atoms with Gasteiger partial charge >= 0.3 is 0 Å². The molecule has 0 atom stereocenters. The van der Waals surface area contributed by atoms with Gasteiger partial charge < -0.3 is 5.11 Å². The van der Waals surface area contributed by atoms with Crippen LogP contribution >= 0.6 is 31.9 Å². The lowest BCUT2D eigenvalue weighted by molar-refractivity contribution is 0.475. The van der Waals surface area contributed by atoms with Crippen molar-refractivity contribution < 1.29 is 5.11 Å². The van der Waals surface area contributed by atoms with Crippen LogP contribution in [0.2, 0.25) is 0 Å². The molecule has 0 aliphatic rings. The Balaban J connectivity index is 1.75. The largest absolute Gasteiger partial charge is 0.508 e. The number of aromatic nitrogens is 1. The van der Waals surface area contributed by atoms with Crippen LogP contribution < -0.4 is 5.43 Å². The number of hydrazone groups is 1. The number of aryl methyl sites for hydroxylation is 1. The number of hydrogen-bond donors (Lipinski definition) is 2. The first-order chi connectivity index (χ1) is 15.0. The molecule has 1 aromatic heterocycles. The van der Waals surface area contributed by atoms with E-state index in [1.165, 1.54) is 0 Å². The lowest BCUT2D eigenvalue weighted by atomic mass is 10.2. The van der Waals surface area contributed by atoms with E-state index >= 15 is 0 Å². The topological polar surface area (TPSA) is 69.9 Å². The summed E-state index contributed by atoms with van der Waals surface area (Å²) in [6, 6.07) is 22.7. The number of benzene rings is 3. The molecule has 0 amide bonds. The second-order valence-corrected chi connectivity index (χ2v) is 8.60. The first-order valence-corrected chi connectivity index (χ1v) is 11.1. The third-order valence-corrected chi connectivity index (χ3v) is 5.71. The number of nitrogens with one attached hydrogen (secondary N) is 1. The molecule has 0 aliphatic carbocycles. The molecule has 0 unspecified atom stereocenters. The number of fused-ring (bicyclic) bond motifs is 1. The molecular weight excluding hydrogens is 520 g/mol. The number of amidine groups is 1. The van der Waals surface area contributed by atoms with Crippen LogP contribution in [0.5, 0.6) is 5.75 Å². The van der Waals surface area contributed by atoms with Gasteiger partial charge in [0.1, 0.15) is 11.4 Å². The SMILES string of the molecule is Cc1cc(Br)c(N=C(N/N=C/c2ccc(O)cc2)c2ccc3ccccc3n2)c(Br)c1. The number of hydrogen-bond acceptors (Lipinski definition) is 4. The minimum Gasteiger partial charge on any atom is -0.508 e. The third-order valence-electron chi connectivity index (χ3n) is 4.50. The maximum Gasteiger partial charge on any atom is 0.173 e. The van der Waals surface area contributed by atoms with E-state index < -0.39 is 0 Å². The summed E-state index contributed by atoms with van der Waals surface area (Å²) in [5.41, 5.74) is 7.27. The predicted molar refractivity (Wildman–Crippen MR) is 133 cm³/mol. The van der Waals surface area contributed by atoms with E-state index in [0.29, 0.717) is 11.5 Å². The van der Waals surface area contributed by atoms with Crippen molar-refractivity contribution in [2.75, 3.05) is 0 Å². The Morgan fingerprint density at radius 1 is 0.968 bits per heavy atom. The summed E-state index contributed by atoms with van der Waals surface area (Å²) in [6.07, 6.45) is 1.66. The molecule has 154 valence electrons. The highest BCUT2D eigenvalue weighted by Gasteiger charge is 2.11. The average molecular weight is 538 g/mol. The average Bonchev–Trinajstić information content (AvgIpc) is 2.76. The van der Waals surface area contributed by atoms with Gasteiger partial charge in [0.25, 0.3) is 0 Å². The van der Waals surface area contributed by atoms with Crippen molar-refractivity contribution in [2.24, 2.45) is 10.1 Å². The first kappa shape index (κ1) is 21.2. The molecule has 7 heteroatoms. The molecular formula is C24H18Br2N4O. The molecule has 4 aromatic rings. The van der Waals surface area contributed by atoms with Crippen molar-refractivity contribution in [1.82, 2.24) is 10.4 Å². The fourth-order valence-corrected chi connectivity index (χ4v) is 4.57. The number of halogens is 2. The minimum atomic E-state index is 0.210. The normalized spacial score (nSPS) is 11.9. The van der Waals surface area contributed by atoms with Crippen LogP contribution in [-0.2, 0) is 0 Å². The van der Waals surface area contributed by atoms with Gasteiger partial charge in [-0.15, -0.1) is 0 Å². The fourth-order valence-electron chi connectivity index (χ4n) is 2.98. The Kier molecular flexibility index (Phi) is 6.44. The Morgan fingerprint density at radius 2 is 1.68 bits per heavy atom. The first-order valence-electron chi connectivity index (χ1n) is 9.48. The summed E-state index contributed by atoms with van der Waals surface area (Å²) < 4.78 is 1.73. The van der Waals surface area contributed by atoms with Gasteiger partial charge in [-0.2, -0.15) is 5.10 Å². The number of pyridine rings is 1. The van der Waals surface area contributed by atoms with Crippen LogP contribution in [0.4, 0.5) is 5.69 Å². The lowest BCUT2D eigenvalue weighted by Crippen LogP contribution is -2.20. The van der Waals surface area contributed by atoms with Gasteiger partial charge in [-0.3, -0.25) is 5.43 Å². The summed E-state index contributed by atoms with van der Waals surface area (Å²) in [5.74, 6) is 0.716. The molecule has 31 heavy (non-hydrogen) atoms. The molecule has 5 nitrogen and oxygen atoms in total. The summed E-state index contributed by atoms with van der Waals surface area (Å²) >= 11 is 7.21. The van der Waals surface area contributed by atoms with Gasteiger partial charge in [0.15, 0.2) is 5.84 Å². The number of phenolic OH excluding ortho intramolecular Hbond substituents is 1. The predicted octanol–water partition coefficient (Wildman–Crippen LogP) is 6.48. The number of phenols is 1. The molecule has 0 fully saturated rings. The summed E-state index contributed by atoms with van der Waals surface area (Å²) in [4.78, 5) is 9.57. The van der Waals surface area contributed by atoms with Crippen molar-refractivity contribution in [3.8, 4) is 5.75 Å². The van der Waals surface area contributed by atoms with E-state index in [-0.39, 0.29) is 5.75 Å². The number of rotatable bonds is 4. The van der Waals surface area contributed by atoms with E-state index in [1.807, 2.05) is 55.5 Å².